The Bertz CT molecular complexity index is 769. The molecule has 0 unspecified atom stereocenters. The normalized spacial score (nSPS) is 10.1. The topological polar surface area (TPSA) is 118 Å². The number of aromatic nitrogens is 2. The van der Waals surface area contributed by atoms with Gasteiger partial charge in [-0.05, 0) is 24.6 Å². The molecule has 7 nitrogen and oxygen atoms in total. The van der Waals surface area contributed by atoms with E-state index in [0.29, 0.717) is 17.1 Å². The van der Waals surface area contributed by atoms with Crippen LogP contribution in [0.2, 0.25) is 0 Å². The fourth-order valence-corrected chi connectivity index (χ4v) is 1.97. The molecule has 0 aliphatic rings. The van der Waals surface area contributed by atoms with Crippen LogP contribution in [0.4, 0.5) is 5.69 Å². The summed E-state index contributed by atoms with van der Waals surface area (Å²) in [7, 11) is 0. The van der Waals surface area contributed by atoms with E-state index in [-0.39, 0.29) is 12.1 Å². The first-order valence-electron chi connectivity index (χ1n) is 6.76. The van der Waals surface area contributed by atoms with Gasteiger partial charge in [0.15, 0.2) is 0 Å². The van der Waals surface area contributed by atoms with E-state index in [9.17, 15) is 9.59 Å². The zero-order valence-electron chi connectivity index (χ0n) is 12.5. The highest BCUT2D eigenvalue weighted by Gasteiger charge is 2.13. The molecule has 118 valence electrons. The number of aliphatic carboxylic acids is 1. The molecule has 7 heteroatoms. The Morgan fingerprint density at radius 3 is 2.48 bits per heavy atom. The molecular weight excluding hydrogens is 296 g/mol. The Morgan fingerprint density at radius 1 is 1.26 bits per heavy atom. The number of carboxylic acids is 1. The number of anilines is 1. The number of nitrogens with two attached hydrogens (primary N) is 1. The van der Waals surface area contributed by atoms with Gasteiger partial charge in [-0.15, -0.1) is 0 Å². The molecule has 0 saturated carbocycles. The van der Waals surface area contributed by atoms with Gasteiger partial charge in [0.1, 0.15) is 12.4 Å². The number of aryl methyl sites for hydroxylation is 1. The molecule has 0 bridgehead atoms. The van der Waals surface area contributed by atoms with Crippen molar-refractivity contribution in [2.45, 2.75) is 6.92 Å². The molecular formula is C16H16N4O3. The molecule has 23 heavy (non-hydrogen) atoms. The predicted molar refractivity (Wildman–Crippen MR) is 86.6 cm³/mol. The zero-order valence-corrected chi connectivity index (χ0v) is 12.5. The average molecular weight is 312 g/mol. The Morgan fingerprint density at radius 2 is 1.91 bits per heavy atom. The minimum absolute atomic E-state index is 0.0905. The van der Waals surface area contributed by atoms with Gasteiger partial charge in [-0.2, -0.15) is 0 Å². The average Bonchev–Trinajstić information content (AvgIpc) is 2.52. The van der Waals surface area contributed by atoms with Gasteiger partial charge in [0.2, 0.25) is 5.91 Å². The van der Waals surface area contributed by atoms with Gasteiger partial charge in [-0.3, -0.25) is 9.59 Å². The highest BCUT2D eigenvalue weighted by atomic mass is 16.4. The maximum Gasteiger partial charge on any atom is 0.322 e. The van der Waals surface area contributed by atoms with Crippen LogP contribution in [0.25, 0.3) is 16.7 Å². The van der Waals surface area contributed by atoms with Gasteiger partial charge in [-0.1, -0.05) is 12.6 Å². The van der Waals surface area contributed by atoms with Gasteiger partial charge in [0, 0.05) is 34.8 Å². The van der Waals surface area contributed by atoms with Crippen molar-refractivity contribution in [1.82, 2.24) is 9.97 Å². The lowest BCUT2D eigenvalue weighted by atomic mass is 9.99. The molecule has 1 amide bonds. The predicted octanol–water partition coefficient (Wildman–Crippen LogP) is 1.45. The molecule has 1 aromatic heterocycles. The first kappa shape index (κ1) is 16.2. The van der Waals surface area contributed by atoms with Crippen LogP contribution in [-0.2, 0) is 9.59 Å². The van der Waals surface area contributed by atoms with Gasteiger partial charge >= 0.3 is 5.97 Å². The quantitative estimate of drug-likeness (QED) is 0.695. The minimum Gasteiger partial charge on any atom is -0.480 e. The maximum absolute atomic E-state index is 11.4. The van der Waals surface area contributed by atoms with E-state index in [1.54, 1.807) is 37.5 Å². The summed E-state index contributed by atoms with van der Waals surface area (Å²) in [4.78, 5) is 30.4. The highest BCUT2D eigenvalue weighted by Crippen LogP contribution is 2.28. The smallest absolute Gasteiger partial charge is 0.322 e. The third-order valence-electron chi connectivity index (χ3n) is 3.19. The zero-order chi connectivity index (χ0) is 17.0. The summed E-state index contributed by atoms with van der Waals surface area (Å²) < 4.78 is 0. The second kappa shape index (κ2) is 6.69. The van der Waals surface area contributed by atoms with Crippen molar-refractivity contribution >= 4 is 23.1 Å². The molecule has 0 aliphatic heterocycles. The Hall–Kier alpha value is -3.22. The summed E-state index contributed by atoms with van der Waals surface area (Å²) in [5.74, 6) is -1.05. The highest BCUT2D eigenvalue weighted by molar-refractivity contribution is 6.19. The van der Waals surface area contributed by atoms with Gasteiger partial charge in [-0.25, -0.2) is 9.97 Å². The number of nitrogens with one attached hydrogen (secondary N) is 1. The first-order valence-corrected chi connectivity index (χ1v) is 6.76. The van der Waals surface area contributed by atoms with Crippen LogP contribution < -0.4 is 11.1 Å². The maximum atomic E-state index is 11.4. The van der Waals surface area contributed by atoms with E-state index < -0.39 is 11.9 Å². The molecule has 1 aromatic carbocycles. The second-order valence-corrected chi connectivity index (χ2v) is 4.87. The lowest BCUT2D eigenvalue weighted by Gasteiger charge is -2.13. The molecule has 2 aromatic rings. The number of amides is 1. The summed E-state index contributed by atoms with van der Waals surface area (Å²) in [6.07, 6.45) is 3.33. The number of nitrogens with zero attached hydrogens (tertiary/aromatic N) is 2. The number of carbonyl (C=O) groups excluding carboxylic acids is 1. The van der Waals surface area contributed by atoms with Crippen LogP contribution in [0.5, 0.6) is 0 Å². The summed E-state index contributed by atoms with van der Waals surface area (Å²) in [5.41, 5.74) is 7.82. The van der Waals surface area contributed by atoms with Crippen molar-refractivity contribution < 1.29 is 14.7 Å². The van der Waals surface area contributed by atoms with Gasteiger partial charge < -0.3 is 16.2 Å². The van der Waals surface area contributed by atoms with Crippen LogP contribution in [-0.4, -0.2) is 33.5 Å². The monoisotopic (exact) mass is 312 g/mol. The van der Waals surface area contributed by atoms with Crippen molar-refractivity contribution in [2.24, 2.45) is 5.73 Å². The summed E-state index contributed by atoms with van der Waals surface area (Å²) in [6.45, 7) is 5.16. The van der Waals surface area contributed by atoms with Crippen molar-refractivity contribution in [3.8, 4) is 11.1 Å². The van der Waals surface area contributed by atoms with E-state index in [0.717, 1.165) is 11.1 Å². The molecule has 0 radical (unpaired) electrons. The number of primary amides is 1. The van der Waals surface area contributed by atoms with E-state index in [1.807, 2.05) is 0 Å². The second-order valence-electron chi connectivity index (χ2n) is 4.87. The van der Waals surface area contributed by atoms with Crippen molar-refractivity contribution in [1.29, 1.82) is 0 Å². The van der Waals surface area contributed by atoms with Crippen LogP contribution in [0.1, 0.15) is 11.4 Å². The third-order valence-corrected chi connectivity index (χ3v) is 3.19. The van der Waals surface area contributed by atoms with Crippen molar-refractivity contribution in [3.63, 3.8) is 0 Å². The lowest BCUT2D eigenvalue weighted by molar-refractivity contribution is -0.134. The first-order chi connectivity index (χ1) is 10.9. The van der Waals surface area contributed by atoms with E-state index in [2.05, 4.69) is 21.9 Å². The minimum atomic E-state index is -1.02. The standard InChI is InChI=1S/C16H16N4O3/c1-9(16(17)23)13-5-11(12-6-18-10(2)19-7-12)3-4-14(13)20-8-15(21)22/h3-7,20H,1,8H2,2H3,(H2,17,23)(H,21,22). The van der Waals surface area contributed by atoms with Crippen molar-refractivity contribution in [2.75, 3.05) is 11.9 Å². The SMILES string of the molecule is C=C(C(N)=O)c1cc(-c2cnc(C)nc2)ccc1NCC(=O)O. The van der Waals surface area contributed by atoms with Crippen molar-refractivity contribution in [3.05, 3.63) is 48.6 Å². The summed E-state index contributed by atoms with van der Waals surface area (Å²) >= 11 is 0. The van der Waals surface area contributed by atoms with E-state index >= 15 is 0 Å². The fraction of sp³-hybridized carbons (Fsp3) is 0.125. The van der Waals surface area contributed by atoms with Crippen LogP contribution in [0.15, 0.2) is 37.2 Å². The molecule has 4 N–H and O–H groups in total. The summed E-state index contributed by atoms with van der Waals surface area (Å²) in [5, 5.41) is 11.5. The Labute approximate surface area is 132 Å². The Balaban J connectivity index is 2.45. The van der Waals surface area contributed by atoms with Crippen LogP contribution in [0.3, 0.4) is 0 Å². The van der Waals surface area contributed by atoms with Gasteiger partial charge in [0.25, 0.3) is 0 Å². The molecule has 0 aliphatic carbocycles. The van der Waals surface area contributed by atoms with Gasteiger partial charge in [0.05, 0.1) is 0 Å². The largest absolute Gasteiger partial charge is 0.480 e. The van der Waals surface area contributed by atoms with Crippen LogP contribution >= 0.6 is 0 Å². The third kappa shape index (κ3) is 3.91. The molecule has 0 atom stereocenters. The van der Waals surface area contributed by atoms with E-state index in [1.165, 1.54) is 0 Å². The van der Waals surface area contributed by atoms with E-state index in [4.69, 9.17) is 10.8 Å². The van der Waals surface area contributed by atoms with Crippen LogP contribution in [0, 0.1) is 6.92 Å². The molecule has 0 saturated heterocycles. The molecule has 0 fully saturated rings. The molecule has 2 rings (SSSR count). The number of carbonyl (C=O) groups is 2. The summed E-state index contributed by atoms with van der Waals surface area (Å²) in [6, 6.07) is 5.14. The number of benzene rings is 1. The Kier molecular flexibility index (Phi) is 4.70. The lowest BCUT2D eigenvalue weighted by Crippen LogP contribution is -2.16. The number of hydrogen-bond donors (Lipinski definition) is 3. The number of rotatable bonds is 6. The fourth-order valence-electron chi connectivity index (χ4n) is 1.97. The number of carboxylic acid groups (broad SMARTS) is 1. The molecule has 1 heterocycles. The molecule has 0 spiro atoms. The number of hydrogen-bond acceptors (Lipinski definition) is 5.